The Labute approximate surface area is 111 Å². The summed E-state index contributed by atoms with van der Waals surface area (Å²) in [6.45, 7) is 7.04. The molecule has 0 aliphatic carbocycles. The van der Waals surface area contributed by atoms with Crippen molar-refractivity contribution in [1.82, 2.24) is 0 Å². The maximum absolute atomic E-state index is 9.98. The van der Waals surface area contributed by atoms with Crippen LogP contribution in [-0.2, 0) is 4.74 Å². The molecule has 0 amide bonds. The predicted octanol–water partition coefficient (Wildman–Crippen LogP) is 3.63. The van der Waals surface area contributed by atoms with Crippen molar-refractivity contribution in [2.75, 3.05) is 6.61 Å². The zero-order chi connectivity index (χ0) is 13.4. The Morgan fingerprint density at radius 1 is 1.33 bits per heavy atom. The predicted molar refractivity (Wildman–Crippen MR) is 76.5 cm³/mol. The van der Waals surface area contributed by atoms with Crippen molar-refractivity contribution in [3.05, 3.63) is 36.0 Å². The van der Waals surface area contributed by atoms with Crippen LogP contribution in [0.1, 0.15) is 40.0 Å². The van der Waals surface area contributed by atoms with Gasteiger partial charge in [-0.25, -0.2) is 0 Å². The first-order valence-corrected chi connectivity index (χ1v) is 6.94. The van der Waals surface area contributed by atoms with Gasteiger partial charge in [0.25, 0.3) is 0 Å². The van der Waals surface area contributed by atoms with Gasteiger partial charge in [0, 0.05) is 0 Å². The minimum atomic E-state index is -0.367. The monoisotopic (exact) mass is 250 g/mol. The summed E-state index contributed by atoms with van der Waals surface area (Å²) >= 11 is 0. The van der Waals surface area contributed by atoms with Crippen LogP contribution in [0.5, 0.6) is 0 Å². The fourth-order valence-corrected chi connectivity index (χ4v) is 2.13. The van der Waals surface area contributed by atoms with Gasteiger partial charge in [-0.05, 0) is 31.3 Å². The first kappa shape index (κ1) is 15.2. The first-order chi connectivity index (χ1) is 8.65. The van der Waals surface area contributed by atoms with E-state index in [-0.39, 0.29) is 12.2 Å². The molecule has 0 aromatic rings. The standard InChI is InChI=1S/C16H26O2/c1-4-5-6-7-8-9-10-14(3)16-15(17)11-13(2)12-18-16/h6-10,13,15-17H,4-5,11-12H2,1-3H3/t13?,15-,16+/m1/s1. The van der Waals surface area contributed by atoms with Gasteiger partial charge in [-0.15, -0.1) is 0 Å². The number of rotatable bonds is 5. The molecule has 3 atom stereocenters. The molecule has 0 saturated carbocycles. The second kappa shape index (κ2) is 8.28. The van der Waals surface area contributed by atoms with Gasteiger partial charge in [-0.1, -0.05) is 50.6 Å². The number of hydrogen-bond donors (Lipinski definition) is 1. The molecule has 2 heteroatoms. The maximum Gasteiger partial charge on any atom is 0.104 e. The highest BCUT2D eigenvalue weighted by Crippen LogP contribution is 2.23. The lowest BCUT2D eigenvalue weighted by molar-refractivity contribution is -0.0764. The fraction of sp³-hybridized carbons (Fsp3) is 0.625. The van der Waals surface area contributed by atoms with Crippen LogP contribution >= 0.6 is 0 Å². The van der Waals surface area contributed by atoms with E-state index < -0.39 is 0 Å². The normalized spacial score (nSPS) is 30.4. The quantitative estimate of drug-likeness (QED) is 0.755. The Hall–Kier alpha value is -0.860. The van der Waals surface area contributed by atoms with Crippen molar-refractivity contribution in [2.45, 2.75) is 52.2 Å². The van der Waals surface area contributed by atoms with Crippen LogP contribution in [0.25, 0.3) is 0 Å². The molecular formula is C16H26O2. The molecule has 1 unspecified atom stereocenters. The van der Waals surface area contributed by atoms with Crippen LogP contribution < -0.4 is 0 Å². The van der Waals surface area contributed by atoms with Crippen molar-refractivity contribution < 1.29 is 9.84 Å². The zero-order valence-corrected chi connectivity index (χ0v) is 11.8. The Bertz CT molecular complexity index is 315. The van der Waals surface area contributed by atoms with E-state index in [4.69, 9.17) is 4.74 Å². The summed E-state index contributed by atoms with van der Waals surface area (Å²) in [6, 6.07) is 0. The van der Waals surface area contributed by atoms with Crippen molar-refractivity contribution in [3.63, 3.8) is 0 Å². The summed E-state index contributed by atoms with van der Waals surface area (Å²) in [7, 11) is 0. The molecule has 1 aliphatic rings. The van der Waals surface area contributed by atoms with Crippen LogP contribution in [0, 0.1) is 5.92 Å². The first-order valence-electron chi connectivity index (χ1n) is 6.94. The Kier molecular flexibility index (Phi) is 6.99. The van der Waals surface area contributed by atoms with Gasteiger partial charge in [0.2, 0.25) is 0 Å². The van der Waals surface area contributed by atoms with E-state index in [1.807, 2.05) is 25.2 Å². The summed E-state index contributed by atoms with van der Waals surface area (Å²) in [5, 5.41) is 9.98. The molecule has 2 nitrogen and oxygen atoms in total. The number of allylic oxidation sites excluding steroid dienone is 5. The Morgan fingerprint density at radius 2 is 2.11 bits per heavy atom. The smallest absolute Gasteiger partial charge is 0.104 e. The van der Waals surface area contributed by atoms with Crippen molar-refractivity contribution in [2.24, 2.45) is 5.92 Å². The molecule has 1 saturated heterocycles. The van der Waals surface area contributed by atoms with E-state index in [2.05, 4.69) is 26.0 Å². The molecule has 1 aliphatic heterocycles. The minimum Gasteiger partial charge on any atom is -0.390 e. The largest absolute Gasteiger partial charge is 0.390 e. The third-order valence-electron chi connectivity index (χ3n) is 3.18. The highest BCUT2D eigenvalue weighted by molar-refractivity contribution is 5.19. The Balaban J connectivity index is 2.45. The van der Waals surface area contributed by atoms with Crippen LogP contribution in [-0.4, -0.2) is 23.9 Å². The SMILES string of the molecule is CCCC=CC=CC=C(C)[C@@H]1OCC(C)C[C@H]1O. The zero-order valence-electron chi connectivity index (χ0n) is 11.8. The summed E-state index contributed by atoms with van der Waals surface area (Å²) in [4.78, 5) is 0. The highest BCUT2D eigenvalue weighted by Gasteiger charge is 2.28. The van der Waals surface area contributed by atoms with Crippen molar-refractivity contribution in [3.8, 4) is 0 Å². The van der Waals surface area contributed by atoms with Gasteiger partial charge in [-0.2, -0.15) is 0 Å². The van der Waals surface area contributed by atoms with Gasteiger partial charge >= 0.3 is 0 Å². The molecule has 1 heterocycles. The fourth-order valence-electron chi connectivity index (χ4n) is 2.13. The van der Waals surface area contributed by atoms with Crippen LogP contribution in [0.15, 0.2) is 36.0 Å². The second-order valence-electron chi connectivity index (χ2n) is 5.17. The maximum atomic E-state index is 9.98. The Morgan fingerprint density at radius 3 is 2.78 bits per heavy atom. The lowest BCUT2D eigenvalue weighted by atomic mass is 9.93. The van der Waals surface area contributed by atoms with E-state index in [0.29, 0.717) is 5.92 Å². The molecule has 0 spiro atoms. The van der Waals surface area contributed by atoms with E-state index in [0.717, 1.165) is 25.0 Å². The van der Waals surface area contributed by atoms with Gasteiger partial charge in [0.05, 0.1) is 12.7 Å². The third kappa shape index (κ3) is 5.19. The van der Waals surface area contributed by atoms with E-state index in [9.17, 15) is 5.11 Å². The average molecular weight is 250 g/mol. The van der Waals surface area contributed by atoms with Crippen LogP contribution in [0.4, 0.5) is 0 Å². The number of hydrogen-bond acceptors (Lipinski definition) is 2. The third-order valence-corrected chi connectivity index (χ3v) is 3.18. The molecule has 1 fully saturated rings. The lowest BCUT2D eigenvalue weighted by Crippen LogP contribution is -2.38. The summed E-state index contributed by atoms with van der Waals surface area (Å²) < 4.78 is 5.69. The minimum absolute atomic E-state index is 0.134. The van der Waals surface area contributed by atoms with Crippen LogP contribution in [0.3, 0.4) is 0 Å². The molecule has 0 aromatic heterocycles. The number of ether oxygens (including phenoxy) is 1. The van der Waals surface area contributed by atoms with Gasteiger partial charge in [-0.3, -0.25) is 0 Å². The van der Waals surface area contributed by atoms with Gasteiger partial charge < -0.3 is 9.84 Å². The van der Waals surface area contributed by atoms with Gasteiger partial charge in [0.1, 0.15) is 6.10 Å². The molecule has 1 N–H and O–H groups in total. The van der Waals surface area contributed by atoms with E-state index in [1.165, 1.54) is 6.42 Å². The van der Waals surface area contributed by atoms with E-state index >= 15 is 0 Å². The molecular weight excluding hydrogens is 224 g/mol. The highest BCUT2D eigenvalue weighted by atomic mass is 16.5. The molecule has 0 radical (unpaired) electrons. The molecule has 0 aromatic carbocycles. The van der Waals surface area contributed by atoms with Crippen molar-refractivity contribution >= 4 is 0 Å². The molecule has 0 bridgehead atoms. The van der Waals surface area contributed by atoms with Crippen molar-refractivity contribution in [1.29, 1.82) is 0 Å². The summed E-state index contributed by atoms with van der Waals surface area (Å²) in [6.07, 6.45) is 12.9. The number of aliphatic hydroxyl groups excluding tert-OH is 1. The molecule has 18 heavy (non-hydrogen) atoms. The van der Waals surface area contributed by atoms with Crippen LogP contribution in [0.2, 0.25) is 0 Å². The number of aliphatic hydroxyl groups is 1. The van der Waals surface area contributed by atoms with Gasteiger partial charge in [0.15, 0.2) is 0 Å². The summed E-state index contributed by atoms with van der Waals surface area (Å²) in [5.74, 6) is 0.455. The molecule has 102 valence electrons. The second-order valence-corrected chi connectivity index (χ2v) is 5.17. The topological polar surface area (TPSA) is 29.5 Å². The number of unbranched alkanes of at least 4 members (excludes halogenated alkanes) is 1. The average Bonchev–Trinajstić information content (AvgIpc) is 2.33. The summed E-state index contributed by atoms with van der Waals surface area (Å²) in [5.41, 5.74) is 1.09. The lowest BCUT2D eigenvalue weighted by Gasteiger charge is -2.32. The van der Waals surface area contributed by atoms with E-state index in [1.54, 1.807) is 0 Å². The molecule has 1 rings (SSSR count).